The van der Waals surface area contributed by atoms with E-state index in [1.54, 1.807) is 0 Å². The molecule has 4 aromatic heterocycles. The van der Waals surface area contributed by atoms with Gasteiger partial charge in [0.2, 0.25) is 0 Å². The Hall–Kier alpha value is -7.83. The summed E-state index contributed by atoms with van der Waals surface area (Å²) >= 11 is 0. The average molecular weight is 731 g/mol. The van der Waals surface area contributed by atoms with Crippen molar-refractivity contribution in [3.05, 3.63) is 182 Å². The molecule has 0 saturated heterocycles. The normalized spacial score (nSPS) is 11.9. The van der Waals surface area contributed by atoms with Gasteiger partial charge in [0.05, 0.1) is 16.7 Å². The fourth-order valence-electron chi connectivity index (χ4n) is 8.34. The van der Waals surface area contributed by atoms with Gasteiger partial charge in [0.1, 0.15) is 16.7 Å². The van der Waals surface area contributed by atoms with E-state index in [9.17, 15) is 0 Å². The van der Waals surface area contributed by atoms with Gasteiger partial charge in [-0.2, -0.15) is 0 Å². The van der Waals surface area contributed by atoms with Crippen molar-refractivity contribution in [2.45, 2.75) is 0 Å². The predicted octanol–water partition coefficient (Wildman–Crippen LogP) is 13.4. The number of hydrogen-bond donors (Lipinski definition) is 0. The average Bonchev–Trinajstić information content (AvgIpc) is 3.96. The van der Waals surface area contributed by atoms with Crippen LogP contribution in [0, 0.1) is 0 Å². The highest BCUT2D eigenvalue weighted by Crippen LogP contribution is 2.41. The number of benzene rings is 8. The van der Waals surface area contributed by atoms with Crippen molar-refractivity contribution in [3.8, 4) is 51.0 Å². The second-order valence-corrected chi connectivity index (χ2v) is 14.4. The van der Waals surface area contributed by atoms with Crippen LogP contribution in [0.5, 0.6) is 0 Å². The first-order valence-electron chi connectivity index (χ1n) is 19.0. The summed E-state index contributed by atoms with van der Waals surface area (Å²) in [6.07, 6.45) is 0. The summed E-state index contributed by atoms with van der Waals surface area (Å²) in [7, 11) is 0. The SMILES string of the molecule is c1ccc(-c2ccc(-c3nc(-c4ccccc4)nc(-c4ccc5c(c4)oc4cc(-n6c7ccccc7c7ccc8c9ccccc9oc8c76)ccc45)n3)cc2)cc1. The number of fused-ring (bicyclic) bond motifs is 10. The van der Waals surface area contributed by atoms with E-state index in [2.05, 4.69) is 132 Å². The van der Waals surface area contributed by atoms with E-state index in [0.29, 0.717) is 17.5 Å². The highest BCUT2D eigenvalue weighted by Gasteiger charge is 2.20. The Morgan fingerprint density at radius 3 is 1.61 bits per heavy atom. The van der Waals surface area contributed by atoms with E-state index < -0.39 is 0 Å². The lowest BCUT2D eigenvalue weighted by molar-refractivity contribution is 0.668. The molecule has 0 aliphatic carbocycles. The molecular weight excluding hydrogens is 701 g/mol. The molecule has 4 heterocycles. The van der Waals surface area contributed by atoms with E-state index in [-0.39, 0.29) is 0 Å². The maximum absolute atomic E-state index is 6.69. The minimum atomic E-state index is 0.578. The highest BCUT2D eigenvalue weighted by molar-refractivity contribution is 6.21. The molecule has 6 nitrogen and oxygen atoms in total. The highest BCUT2D eigenvalue weighted by atomic mass is 16.3. The molecule has 0 aliphatic rings. The molecule has 0 atom stereocenters. The number of hydrogen-bond acceptors (Lipinski definition) is 5. The van der Waals surface area contributed by atoms with Crippen LogP contribution < -0.4 is 0 Å². The molecule has 0 fully saturated rings. The van der Waals surface area contributed by atoms with E-state index >= 15 is 0 Å². The molecule has 0 aliphatic heterocycles. The van der Waals surface area contributed by atoms with Crippen LogP contribution in [0.15, 0.2) is 191 Å². The first-order valence-corrected chi connectivity index (χ1v) is 19.0. The summed E-state index contributed by atoms with van der Waals surface area (Å²) in [5, 5.41) is 6.58. The van der Waals surface area contributed by atoms with Crippen molar-refractivity contribution < 1.29 is 8.83 Å². The zero-order valence-corrected chi connectivity index (χ0v) is 30.4. The minimum Gasteiger partial charge on any atom is -0.456 e. The Bertz CT molecular complexity index is 3510. The molecule has 0 unspecified atom stereocenters. The predicted molar refractivity (Wildman–Crippen MR) is 230 cm³/mol. The van der Waals surface area contributed by atoms with Crippen molar-refractivity contribution in [3.63, 3.8) is 0 Å². The van der Waals surface area contributed by atoms with E-state index in [1.165, 1.54) is 5.39 Å². The van der Waals surface area contributed by atoms with Crippen LogP contribution in [0.4, 0.5) is 0 Å². The minimum absolute atomic E-state index is 0.578. The van der Waals surface area contributed by atoms with Gasteiger partial charge >= 0.3 is 0 Å². The molecule has 0 amide bonds. The van der Waals surface area contributed by atoms with Crippen LogP contribution in [0.25, 0.3) is 117 Å². The van der Waals surface area contributed by atoms with Gasteiger partial charge in [0, 0.05) is 55.1 Å². The third-order valence-electron chi connectivity index (χ3n) is 11.1. The number of rotatable bonds is 5. The van der Waals surface area contributed by atoms with E-state index in [0.717, 1.165) is 93.8 Å². The molecule has 8 aromatic carbocycles. The summed E-state index contributed by atoms with van der Waals surface area (Å²) < 4.78 is 15.6. The van der Waals surface area contributed by atoms with Crippen molar-refractivity contribution in [2.24, 2.45) is 0 Å². The quantitative estimate of drug-likeness (QED) is 0.176. The standard InChI is InChI=1S/C51H30N4O2/c1-3-11-31(12-4-1)32-19-21-34(22-20-32)50-52-49(33-13-5-2-6-14-33)53-51(54-50)35-23-25-39-40-26-24-36(30-46(40)56-45(39)29-35)55-43-17-9-7-15-37(43)41-27-28-42-38-16-8-10-18-44(38)57-48(42)47(41)55/h1-30H. The fraction of sp³-hybridized carbons (Fsp3) is 0. The Morgan fingerprint density at radius 1 is 0.333 bits per heavy atom. The van der Waals surface area contributed by atoms with Crippen molar-refractivity contribution in [2.75, 3.05) is 0 Å². The zero-order chi connectivity index (χ0) is 37.5. The number of nitrogens with zero attached hydrogens (tertiary/aromatic N) is 4. The Kier molecular flexibility index (Phi) is 6.83. The van der Waals surface area contributed by atoms with Gasteiger partial charge in [0.25, 0.3) is 0 Å². The third kappa shape index (κ3) is 5.01. The molecule has 0 saturated carbocycles. The van der Waals surface area contributed by atoms with Gasteiger partial charge in [-0.15, -0.1) is 0 Å². The molecule has 6 heteroatoms. The van der Waals surface area contributed by atoms with Crippen molar-refractivity contribution in [1.82, 2.24) is 19.5 Å². The lowest BCUT2D eigenvalue weighted by atomic mass is 10.0. The monoisotopic (exact) mass is 730 g/mol. The molecule has 0 bridgehead atoms. The summed E-state index contributed by atoms with van der Waals surface area (Å²) in [5.41, 5.74) is 11.4. The summed E-state index contributed by atoms with van der Waals surface area (Å²) in [4.78, 5) is 15.0. The lowest BCUT2D eigenvalue weighted by Crippen LogP contribution is -2.00. The van der Waals surface area contributed by atoms with Crippen LogP contribution in [0.2, 0.25) is 0 Å². The van der Waals surface area contributed by atoms with Crippen LogP contribution in [0.1, 0.15) is 0 Å². The molecule has 12 rings (SSSR count). The van der Waals surface area contributed by atoms with Gasteiger partial charge in [-0.25, -0.2) is 15.0 Å². The maximum Gasteiger partial charge on any atom is 0.164 e. The Balaban J connectivity index is 0.995. The molecule has 0 spiro atoms. The first-order chi connectivity index (χ1) is 28.2. The molecule has 12 aromatic rings. The molecule has 0 N–H and O–H groups in total. The lowest BCUT2D eigenvalue weighted by Gasteiger charge is -2.09. The summed E-state index contributed by atoms with van der Waals surface area (Å²) in [6, 6.07) is 62.6. The zero-order valence-electron chi connectivity index (χ0n) is 30.4. The maximum atomic E-state index is 6.69. The van der Waals surface area contributed by atoms with Gasteiger partial charge in [-0.1, -0.05) is 133 Å². The second-order valence-electron chi connectivity index (χ2n) is 14.4. The van der Waals surface area contributed by atoms with Crippen molar-refractivity contribution in [1.29, 1.82) is 0 Å². The van der Waals surface area contributed by atoms with Gasteiger partial charge in [-0.05, 0) is 53.6 Å². The van der Waals surface area contributed by atoms with E-state index in [1.807, 2.05) is 54.6 Å². The molecular formula is C51H30N4O2. The Labute approximate surface area is 325 Å². The van der Waals surface area contributed by atoms with E-state index in [4.69, 9.17) is 23.8 Å². The van der Waals surface area contributed by atoms with Gasteiger partial charge < -0.3 is 13.4 Å². The van der Waals surface area contributed by atoms with Crippen molar-refractivity contribution >= 4 is 65.7 Å². The molecule has 0 radical (unpaired) electrons. The van der Waals surface area contributed by atoms with Gasteiger partial charge in [-0.3, -0.25) is 0 Å². The number of aromatic nitrogens is 4. The largest absolute Gasteiger partial charge is 0.456 e. The third-order valence-corrected chi connectivity index (χ3v) is 11.1. The number of para-hydroxylation sites is 2. The van der Waals surface area contributed by atoms with Crippen LogP contribution in [0.3, 0.4) is 0 Å². The fourth-order valence-corrected chi connectivity index (χ4v) is 8.34. The smallest absolute Gasteiger partial charge is 0.164 e. The topological polar surface area (TPSA) is 69.9 Å². The Morgan fingerprint density at radius 2 is 0.842 bits per heavy atom. The van der Waals surface area contributed by atoms with Crippen LogP contribution in [-0.2, 0) is 0 Å². The second kappa shape index (κ2) is 12.3. The van der Waals surface area contributed by atoms with Gasteiger partial charge in [0.15, 0.2) is 23.1 Å². The van der Waals surface area contributed by atoms with Crippen LogP contribution in [-0.4, -0.2) is 19.5 Å². The molecule has 57 heavy (non-hydrogen) atoms. The first kappa shape index (κ1) is 31.5. The summed E-state index contributed by atoms with van der Waals surface area (Å²) in [5.74, 6) is 1.80. The van der Waals surface area contributed by atoms with Crippen LogP contribution >= 0.6 is 0 Å². The number of furan rings is 2. The molecule has 266 valence electrons. The summed E-state index contributed by atoms with van der Waals surface area (Å²) in [6.45, 7) is 0.